The first-order valence-electron chi connectivity index (χ1n) is 10.7. The maximum absolute atomic E-state index is 13.4. The van der Waals surface area contributed by atoms with Gasteiger partial charge >= 0.3 is 0 Å². The van der Waals surface area contributed by atoms with Crippen LogP contribution in [0.15, 0.2) is 53.4 Å². The van der Waals surface area contributed by atoms with Crippen LogP contribution >= 0.6 is 0 Å². The van der Waals surface area contributed by atoms with Crippen molar-refractivity contribution in [2.75, 3.05) is 24.5 Å². The molecule has 2 aromatic rings. The van der Waals surface area contributed by atoms with Gasteiger partial charge in [-0.05, 0) is 55.2 Å². The number of nitrogens with one attached hydrogen (secondary N) is 1. The molecule has 8 heteroatoms. The Hall–Kier alpha value is -2.74. The molecule has 1 N–H and O–H groups in total. The molecule has 0 bridgehead atoms. The number of sulfonamides is 1. The molecule has 0 spiro atoms. The molecule has 0 aromatic heterocycles. The first-order chi connectivity index (χ1) is 15.0. The highest BCUT2D eigenvalue weighted by Crippen LogP contribution is 2.37. The van der Waals surface area contributed by atoms with Gasteiger partial charge in [0.1, 0.15) is 11.5 Å². The van der Waals surface area contributed by atoms with E-state index in [9.17, 15) is 13.2 Å². The van der Waals surface area contributed by atoms with E-state index in [1.165, 1.54) is 42.8 Å². The molecule has 31 heavy (non-hydrogen) atoms. The Bertz CT molecular complexity index is 1020. The van der Waals surface area contributed by atoms with Crippen molar-refractivity contribution in [2.24, 2.45) is 5.92 Å². The summed E-state index contributed by atoms with van der Waals surface area (Å²) in [5.74, 6) is 1.15. The maximum Gasteiger partial charge on any atom is 0.264 e. The molecule has 0 radical (unpaired) electrons. The lowest BCUT2D eigenvalue weighted by Crippen LogP contribution is -2.51. The van der Waals surface area contributed by atoms with Crippen LogP contribution in [0.4, 0.5) is 5.69 Å². The molecule has 1 atom stereocenters. The minimum Gasteiger partial charge on any atom is -0.497 e. The molecular formula is C23H28N2O5S. The van der Waals surface area contributed by atoms with E-state index < -0.39 is 16.1 Å². The number of para-hydroxylation sites is 2. The standard InChI is InChI=1S/C23H28N2O5S/c1-29-18-11-13-19(14-12-18)31(27,28)25-16-22(30-21-10-6-5-9-20(21)25)23(26)24-15-17-7-3-2-4-8-17/h5-6,9-14,17,22H,2-4,7-8,15-16H2,1H3,(H,24,26). The first kappa shape index (κ1) is 21.5. The van der Waals surface area contributed by atoms with Gasteiger partial charge < -0.3 is 14.8 Å². The van der Waals surface area contributed by atoms with Gasteiger partial charge in [0.2, 0.25) is 0 Å². The number of carbonyl (C=O) groups is 1. The van der Waals surface area contributed by atoms with Crippen LogP contribution in [-0.2, 0) is 14.8 Å². The number of anilines is 1. The van der Waals surface area contributed by atoms with Gasteiger partial charge in [0.15, 0.2) is 6.10 Å². The fourth-order valence-electron chi connectivity index (χ4n) is 4.19. The SMILES string of the molecule is COc1ccc(S(=O)(=O)N2CC(C(=O)NCC3CCCCC3)Oc3ccccc32)cc1. The smallest absolute Gasteiger partial charge is 0.264 e. The molecule has 1 unspecified atom stereocenters. The number of carbonyl (C=O) groups excluding carboxylic acids is 1. The van der Waals surface area contributed by atoms with Crippen LogP contribution in [0, 0.1) is 5.92 Å². The Morgan fingerprint density at radius 3 is 2.52 bits per heavy atom. The summed E-state index contributed by atoms with van der Waals surface area (Å²) in [6.45, 7) is 0.521. The van der Waals surface area contributed by atoms with E-state index in [0.717, 1.165) is 12.8 Å². The van der Waals surface area contributed by atoms with Gasteiger partial charge in [0.25, 0.3) is 15.9 Å². The van der Waals surface area contributed by atoms with Crippen molar-refractivity contribution in [3.8, 4) is 11.5 Å². The number of rotatable bonds is 6. The topological polar surface area (TPSA) is 84.9 Å². The Kier molecular flexibility index (Phi) is 6.36. The normalized spacial score (nSPS) is 19.3. The minimum atomic E-state index is -3.88. The lowest BCUT2D eigenvalue weighted by Gasteiger charge is -2.35. The molecule has 4 rings (SSSR count). The highest BCUT2D eigenvalue weighted by atomic mass is 32.2. The van der Waals surface area contributed by atoms with Crippen LogP contribution in [-0.4, -0.2) is 40.6 Å². The quantitative estimate of drug-likeness (QED) is 0.739. The molecular weight excluding hydrogens is 416 g/mol. The number of methoxy groups -OCH3 is 1. The zero-order chi connectivity index (χ0) is 21.8. The number of ether oxygens (including phenoxy) is 2. The third-order valence-corrected chi connectivity index (χ3v) is 7.76. The lowest BCUT2D eigenvalue weighted by atomic mass is 9.89. The summed E-state index contributed by atoms with van der Waals surface area (Å²) >= 11 is 0. The second-order valence-corrected chi connectivity index (χ2v) is 9.90. The van der Waals surface area contributed by atoms with Crippen molar-refractivity contribution >= 4 is 21.6 Å². The molecule has 2 aromatic carbocycles. The van der Waals surface area contributed by atoms with Gasteiger partial charge in [-0.2, -0.15) is 0 Å². The van der Waals surface area contributed by atoms with Gasteiger partial charge in [-0.1, -0.05) is 31.4 Å². The molecule has 1 aliphatic heterocycles. The van der Waals surface area contributed by atoms with Crippen LogP contribution in [0.5, 0.6) is 11.5 Å². The van der Waals surface area contributed by atoms with Crippen molar-refractivity contribution in [1.82, 2.24) is 5.32 Å². The van der Waals surface area contributed by atoms with Crippen molar-refractivity contribution in [3.05, 3.63) is 48.5 Å². The van der Waals surface area contributed by atoms with Crippen LogP contribution < -0.4 is 19.1 Å². The molecule has 2 aliphatic rings. The van der Waals surface area contributed by atoms with Crippen LogP contribution in [0.3, 0.4) is 0 Å². The lowest BCUT2D eigenvalue weighted by molar-refractivity contribution is -0.128. The molecule has 7 nitrogen and oxygen atoms in total. The van der Waals surface area contributed by atoms with Crippen molar-refractivity contribution < 1.29 is 22.7 Å². The van der Waals surface area contributed by atoms with Crippen LogP contribution in [0.2, 0.25) is 0 Å². The predicted molar refractivity (Wildman–Crippen MR) is 118 cm³/mol. The minimum absolute atomic E-state index is 0.0815. The molecule has 1 aliphatic carbocycles. The Labute approximate surface area is 183 Å². The molecule has 1 saturated carbocycles. The van der Waals surface area contributed by atoms with Crippen LogP contribution in [0.1, 0.15) is 32.1 Å². The van der Waals surface area contributed by atoms with Gasteiger partial charge in [0, 0.05) is 6.54 Å². The summed E-state index contributed by atoms with van der Waals surface area (Å²) < 4.78 is 39.1. The summed E-state index contributed by atoms with van der Waals surface area (Å²) in [5.41, 5.74) is 0.426. The number of amides is 1. The average Bonchev–Trinajstić information content (AvgIpc) is 2.82. The first-order valence-corrected chi connectivity index (χ1v) is 12.1. The maximum atomic E-state index is 13.4. The van der Waals surface area contributed by atoms with E-state index in [1.807, 2.05) is 0 Å². The average molecular weight is 445 g/mol. The monoisotopic (exact) mass is 444 g/mol. The largest absolute Gasteiger partial charge is 0.497 e. The fraction of sp³-hybridized carbons (Fsp3) is 0.435. The van der Waals surface area contributed by atoms with Crippen molar-refractivity contribution in [3.63, 3.8) is 0 Å². The van der Waals surface area contributed by atoms with Gasteiger partial charge in [-0.15, -0.1) is 0 Å². The molecule has 0 saturated heterocycles. The highest BCUT2D eigenvalue weighted by Gasteiger charge is 2.37. The summed E-state index contributed by atoms with van der Waals surface area (Å²) in [6, 6.07) is 13.1. The Morgan fingerprint density at radius 2 is 1.81 bits per heavy atom. The Morgan fingerprint density at radius 1 is 1.10 bits per heavy atom. The summed E-state index contributed by atoms with van der Waals surface area (Å²) in [7, 11) is -2.36. The summed E-state index contributed by atoms with van der Waals surface area (Å²) in [6.07, 6.45) is 4.97. The molecule has 1 heterocycles. The zero-order valence-electron chi connectivity index (χ0n) is 17.6. The predicted octanol–water partition coefficient (Wildman–Crippen LogP) is 3.35. The molecule has 1 fully saturated rings. The third kappa shape index (κ3) is 4.63. The highest BCUT2D eigenvalue weighted by molar-refractivity contribution is 7.92. The fourth-order valence-corrected chi connectivity index (χ4v) is 5.67. The second kappa shape index (κ2) is 9.18. The van der Waals surface area contributed by atoms with E-state index in [-0.39, 0.29) is 17.3 Å². The molecule has 166 valence electrons. The third-order valence-electron chi connectivity index (χ3n) is 5.96. The number of benzene rings is 2. The van der Waals surface area contributed by atoms with E-state index in [2.05, 4.69) is 5.32 Å². The van der Waals surface area contributed by atoms with E-state index in [1.54, 1.807) is 36.4 Å². The number of nitrogens with zero attached hydrogens (tertiary/aromatic N) is 1. The number of hydrogen-bond acceptors (Lipinski definition) is 5. The van der Waals surface area contributed by atoms with E-state index in [0.29, 0.717) is 29.6 Å². The second-order valence-electron chi connectivity index (χ2n) is 8.04. The molecule has 1 amide bonds. The number of hydrogen-bond donors (Lipinski definition) is 1. The number of fused-ring (bicyclic) bond motifs is 1. The van der Waals surface area contributed by atoms with Crippen LogP contribution in [0.25, 0.3) is 0 Å². The zero-order valence-corrected chi connectivity index (χ0v) is 18.4. The van der Waals surface area contributed by atoms with E-state index >= 15 is 0 Å². The van der Waals surface area contributed by atoms with E-state index in [4.69, 9.17) is 9.47 Å². The van der Waals surface area contributed by atoms with Gasteiger partial charge in [-0.25, -0.2) is 8.42 Å². The Balaban J connectivity index is 1.55. The summed E-state index contributed by atoms with van der Waals surface area (Å²) in [4.78, 5) is 13.0. The summed E-state index contributed by atoms with van der Waals surface area (Å²) in [5, 5.41) is 2.98. The van der Waals surface area contributed by atoms with Gasteiger partial charge in [-0.3, -0.25) is 9.10 Å². The van der Waals surface area contributed by atoms with Crippen molar-refractivity contribution in [2.45, 2.75) is 43.1 Å². The van der Waals surface area contributed by atoms with Gasteiger partial charge in [0.05, 0.1) is 24.2 Å². The van der Waals surface area contributed by atoms with Crippen molar-refractivity contribution in [1.29, 1.82) is 0 Å².